The Balaban J connectivity index is 1.43. The number of carbonyl (C=O) groups excluding carboxylic acids is 2. The molecule has 0 radical (unpaired) electrons. The van der Waals surface area contributed by atoms with Gasteiger partial charge in [-0.05, 0) is 55.5 Å². The lowest BCUT2D eigenvalue weighted by Gasteiger charge is -2.32. The number of ether oxygens (including phenoxy) is 1. The number of piperidine rings is 1. The van der Waals surface area contributed by atoms with Crippen molar-refractivity contribution >= 4 is 34.7 Å². The second kappa shape index (κ2) is 9.70. The van der Waals surface area contributed by atoms with Crippen LogP contribution in [0.15, 0.2) is 53.9 Å². The van der Waals surface area contributed by atoms with Crippen LogP contribution in [0.4, 0.5) is 11.5 Å². The average Bonchev–Trinajstić information content (AvgIpc) is 3.35. The molecule has 0 spiro atoms. The summed E-state index contributed by atoms with van der Waals surface area (Å²) in [6.07, 6.45) is 1.66. The van der Waals surface area contributed by atoms with Crippen molar-refractivity contribution in [2.75, 3.05) is 29.9 Å². The Hall–Kier alpha value is -3.26. The van der Waals surface area contributed by atoms with E-state index in [9.17, 15) is 9.59 Å². The molecule has 8 heteroatoms. The summed E-state index contributed by atoms with van der Waals surface area (Å²) in [4.78, 5) is 28.3. The second-order valence-electron chi connectivity index (χ2n) is 7.29. The van der Waals surface area contributed by atoms with Crippen molar-refractivity contribution in [1.29, 1.82) is 0 Å². The zero-order valence-electron chi connectivity index (χ0n) is 17.3. The smallest absolute Gasteiger partial charge is 0.340 e. The van der Waals surface area contributed by atoms with Crippen LogP contribution in [-0.4, -0.2) is 41.8 Å². The average molecular weight is 437 g/mol. The van der Waals surface area contributed by atoms with Crippen molar-refractivity contribution in [3.05, 3.63) is 59.5 Å². The van der Waals surface area contributed by atoms with Gasteiger partial charge in [0.1, 0.15) is 5.69 Å². The monoisotopic (exact) mass is 436 g/mol. The summed E-state index contributed by atoms with van der Waals surface area (Å²) in [5, 5.41) is 13.7. The van der Waals surface area contributed by atoms with Crippen molar-refractivity contribution in [1.82, 2.24) is 10.2 Å². The number of nitrogens with zero attached hydrogens (tertiary/aromatic N) is 3. The third-order valence-electron chi connectivity index (χ3n) is 5.22. The summed E-state index contributed by atoms with van der Waals surface area (Å²) < 4.78 is 5.09. The maximum absolute atomic E-state index is 13.0. The standard InChI is InChI=1S/C23H24N4O3S/c1-2-30-23(29)17-8-3-4-9-18(17)24-22(28)16-7-5-13-27(15-16)21-12-11-19(25-26-21)20-10-6-14-31-20/h3-4,6,8-12,14,16H,2,5,7,13,15H2,1H3,(H,24,28). The molecule has 4 rings (SSSR count). The summed E-state index contributed by atoms with van der Waals surface area (Å²) in [6.45, 7) is 3.42. The number of hydrogen-bond acceptors (Lipinski definition) is 7. The first kappa shape index (κ1) is 21.0. The molecule has 1 saturated heterocycles. The first-order valence-electron chi connectivity index (χ1n) is 10.3. The number of carbonyl (C=O) groups is 2. The van der Waals surface area contributed by atoms with Gasteiger partial charge in [-0.25, -0.2) is 4.79 Å². The Morgan fingerprint density at radius 2 is 2.03 bits per heavy atom. The lowest BCUT2D eigenvalue weighted by molar-refractivity contribution is -0.120. The van der Waals surface area contributed by atoms with Gasteiger partial charge in [-0.3, -0.25) is 4.79 Å². The molecule has 1 aliphatic heterocycles. The molecule has 1 N–H and O–H groups in total. The van der Waals surface area contributed by atoms with Crippen LogP contribution >= 0.6 is 11.3 Å². The zero-order chi connectivity index (χ0) is 21.6. The van der Waals surface area contributed by atoms with Gasteiger partial charge < -0.3 is 15.0 Å². The number of esters is 1. The summed E-state index contributed by atoms with van der Waals surface area (Å²) in [7, 11) is 0. The van der Waals surface area contributed by atoms with E-state index in [4.69, 9.17) is 4.74 Å². The van der Waals surface area contributed by atoms with E-state index < -0.39 is 5.97 Å². The molecule has 1 aromatic carbocycles. The molecule has 1 unspecified atom stereocenters. The minimum absolute atomic E-state index is 0.107. The van der Waals surface area contributed by atoms with Gasteiger partial charge in [0, 0.05) is 13.1 Å². The quantitative estimate of drug-likeness (QED) is 0.582. The third-order valence-corrected chi connectivity index (χ3v) is 6.11. The largest absolute Gasteiger partial charge is 0.462 e. The zero-order valence-corrected chi connectivity index (χ0v) is 18.1. The molecule has 1 amide bonds. The number of anilines is 2. The van der Waals surface area contributed by atoms with Crippen molar-refractivity contribution in [2.24, 2.45) is 5.92 Å². The molecule has 0 bridgehead atoms. The molecule has 1 aliphatic rings. The van der Waals surface area contributed by atoms with Gasteiger partial charge in [-0.15, -0.1) is 21.5 Å². The molecule has 2 aromatic heterocycles. The van der Waals surface area contributed by atoms with E-state index in [1.54, 1.807) is 42.5 Å². The van der Waals surface area contributed by atoms with E-state index in [-0.39, 0.29) is 18.4 Å². The van der Waals surface area contributed by atoms with E-state index >= 15 is 0 Å². The molecule has 1 fully saturated rings. The number of hydrogen-bond donors (Lipinski definition) is 1. The Labute approximate surface area is 185 Å². The van der Waals surface area contributed by atoms with Gasteiger partial charge in [0.25, 0.3) is 0 Å². The fourth-order valence-corrected chi connectivity index (χ4v) is 4.35. The molecule has 3 aromatic rings. The summed E-state index contributed by atoms with van der Waals surface area (Å²) >= 11 is 1.63. The predicted octanol–water partition coefficient (Wildman–Crippen LogP) is 4.24. The van der Waals surface area contributed by atoms with Gasteiger partial charge in [0.15, 0.2) is 5.82 Å². The van der Waals surface area contributed by atoms with Gasteiger partial charge in [-0.2, -0.15) is 0 Å². The van der Waals surface area contributed by atoms with Crippen LogP contribution in [0.5, 0.6) is 0 Å². The van der Waals surface area contributed by atoms with Crippen molar-refractivity contribution < 1.29 is 14.3 Å². The maximum Gasteiger partial charge on any atom is 0.340 e. The van der Waals surface area contributed by atoms with Crippen molar-refractivity contribution in [3.63, 3.8) is 0 Å². The molecule has 7 nitrogen and oxygen atoms in total. The Kier molecular flexibility index (Phi) is 6.57. The third kappa shape index (κ3) is 4.91. The highest BCUT2D eigenvalue weighted by Crippen LogP contribution is 2.26. The van der Waals surface area contributed by atoms with Crippen LogP contribution in [0, 0.1) is 5.92 Å². The number of amides is 1. The lowest BCUT2D eigenvalue weighted by atomic mass is 9.96. The van der Waals surface area contributed by atoms with Crippen LogP contribution in [0.3, 0.4) is 0 Å². The Morgan fingerprint density at radius 3 is 2.77 bits per heavy atom. The number of nitrogens with one attached hydrogen (secondary N) is 1. The normalized spacial score (nSPS) is 16.0. The van der Waals surface area contributed by atoms with Crippen molar-refractivity contribution in [2.45, 2.75) is 19.8 Å². The van der Waals surface area contributed by atoms with E-state index in [0.29, 0.717) is 17.8 Å². The molecule has 1 atom stereocenters. The predicted molar refractivity (Wildman–Crippen MR) is 121 cm³/mol. The van der Waals surface area contributed by atoms with E-state index in [2.05, 4.69) is 20.4 Å². The van der Waals surface area contributed by atoms with E-state index in [1.807, 2.05) is 29.6 Å². The van der Waals surface area contributed by atoms with E-state index in [1.165, 1.54) is 0 Å². The summed E-state index contributed by atoms with van der Waals surface area (Å²) in [6, 6.07) is 14.9. The summed E-state index contributed by atoms with van der Waals surface area (Å²) in [5.74, 6) is 0.0156. The van der Waals surface area contributed by atoms with Crippen LogP contribution in [0.25, 0.3) is 10.6 Å². The number of para-hydroxylation sites is 1. The summed E-state index contributed by atoms with van der Waals surface area (Å²) in [5.41, 5.74) is 1.68. The topological polar surface area (TPSA) is 84.4 Å². The Morgan fingerprint density at radius 1 is 1.16 bits per heavy atom. The molecule has 0 aliphatic carbocycles. The van der Waals surface area contributed by atoms with Gasteiger partial charge in [0.2, 0.25) is 5.91 Å². The SMILES string of the molecule is CCOC(=O)c1ccccc1NC(=O)C1CCCN(c2ccc(-c3cccs3)nn2)C1. The number of rotatable bonds is 6. The molecule has 0 saturated carbocycles. The minimum Gasteiger partial charge on any atom is -0.462 e. The van der Waals surface area contributed by atoms with Crippen LogP contribution < -0.4 is 10.2 Å². The van der Waals surface area contributed by atoms with Gasteiger partial charge >= 0.3 is 5.97 Å². The van der Waals surface area contributed by atoms with E-state index in [0.717, 1.165) is 35.8 Å². The highest BCUT2D eigenvalue weighted by molar-refractivity contribution is 7.13. The number of thiophene rings is 1. The van der Waals surface area contributed by atoms with Gasteiger partial charge in [0.05, 0.1) is 28.7 Å². The second-order valence-corrected chi connectivity index (χ2v) is 8.24. The molecule has 160 valence electrons. The molecule has 31 heavy (non-hydrogen) atoms. The first-order chi connectivity index (χ1) is 15.2. The fraction of sp³-hybridized carbons (Fsp3) is 0.304. The highest BCUT2D eigenvalue weighted by Gasteiger charge is 2.27. The molecule has 3 heterocycles. The maximum atomic E-state index is 13.0. The first-order valence-corrected chi connectivity index (χ1v) is 11.2. The fourth-order valence-electron chi connectivity index (χ4n) is 3.66. The molecular formula is C23H24N4O3S. The highest BCUT2D eigenvalue weighted by atomic mass is 32.1. The van der Waals surface area contributed by atoms with Crippen LogP contribution in [0.1, 0.15) is 30.1 Å². The van der Waals surface area contributed by atoms with Gasteiger partial charge in [-0.1, -0.05) is 18.2 Å². The number of benzene rings is 1. The number of aromatic nitrogens is 2. The van der Waals surface area contributed by atoms with Crippen LogP contribution in [-0.2, 0) is 9.53 Å². The Bertz CT molecular complexity index is 1040. The van der Waals surface area contributed by atoms with Crippen LogP contribution in [0.2, 0.25) is 0 Å². The molecular weight excluding hydrogens is 412 g/mol. The minimum atomic E-state index is -0.440. The van der Waals surface area contributed by atoms with Crippen molar-refractivity contribution in [3.8, 4) is 10.6 Å². The lowest BCUT2D eigenvalue weighted by Crippen LogP contribution is -2.41.